The van der Waals surface area contributed by atoms with Gasteiger partial charge in [0.15, 0.2) is 0 Å². The van der Waals surface area contributed by atoms with E-state index in [9.17, 15) is 0 Å². The van der Waals surface area contributed by atoms with Gasteiger partial charge >= 0.3 is 0 Å². The zero-order valence-electron chi connectivity index (χ0n) is 5.51. The summed E-state index contributed by atoms with van der Waals surface area (Å²) in [6.07, 6.45) is 0. The topological polar surface area (TPSA) is 59.1 Å². The number of halogens is 2. The fourth-order valence-corrected chi connectivity index (χ4v) is 1.45. The van der Waals surface area contributed by atoms with Gasteiger partial charge in [0.2, 0.25) is 0 Å². The lowest BCUT2D eigenvalue weighted by molar-refractivity contribution is 0.277. The molecule has 0 atom stereocenters. The minimum absolute atomic E-state index is 0.203. The largest absolute Gasteiger partial charge is 0.396 e. The molecule has 0 aliphatic carbocycles. The number of rotatable bonds is 1. The Morgan fingerprint density at radius 1 is 1.73 bits per heavy atom. The van der Waals surface area contributed by atoms with Crippen LogP contribution in [0, 0.1) is 0 Å². The first-order chi connectivity index (χ1) is 5.15. The molecule has 1 aromatic heterocycles. The second kappa shape index (κ2) is 3.38. The van der Waals surface area contributed by atoms with E-state index in [0.717, 1.165) is 0 Å². The smallest absolute Gasteiger partial charge is 0.130 e. The van der Waals surface area contributed by atoms with Gasteiger partial charge in [0, 0.05) is 4.47 Å². The molecule has 0 radical (unpaired) electrons. The molecule has 3 N–H and O–H groups in total. The van der Waals surface area contributed by atoms with Gasteiger partial charge in [-0.05, 0) is 22.0 Å². The van der Waals surface area contributed by atoms with Crippen LogP contribution in [0.5, 0.6) is 0 Å². The third kappa shape index (κ3) is 1.83. The molecule has 0 aliphatic rings. The van der Waals surface area contributed by atoms with Crippen LogP contribution in [0.3, 0.4) is 0 Å². The van der Waals surface area contributed by atoms with Crippen LogP contribution >= 0.6 is 27.5 Å². The van der Waals surface area contributed by atoms with Gasteiger partial charge in [-0.25, -0.2) is 4.98 Å². The van der Waals surface area contributed by atoms with E-state index >= 15 is 0 Å². The van der Waals surface area contributed by atoms with Crippen LogP contribution in [0.2, 0.25) is 5.15 Å². The number of aliphatic hydroxyl groups is 1. The number of nitrogens with two attached hydrogens (primary N) is 1. The Kier molecular flexibility index (Phi) is 2.70. The summed E-state index contributed by atoms with van der Waals surface area (Å²) in [6, 6.07) is 1.58. The monoisotopic (exact) mass is 236 g/mol. The highest BCUT2D eigenvalue weighted by Gasteiger charge is 2.05. The van der Waals surface area contributed by atoms with Gasteiger partial charge < -0.3 is 10.8 Å². The average Bonchev–Trinajstić information content (AvgIpc) is 1.96. The first-order valence-electron chi connectivity index (χ1n) is 2.86. The minimum Gasteiger partial charge on any atom is -0.396 e. The van der Waals surface area contributed by atoms with Crippen LogP contribution < -0.4 is 5.73 Å². The van der Waals surface area contributed by atoms with E-state index in [1.54, 1.807) is 6.07 Å². The molecule has 60 valence electrons. The highest BCUT2D eigenvalue weighted by molar-refractivity contribution is 9.10. The van der Waals surface area contributed by atoms with Crippen molar-refractivity contribution in [2.75, 3.05) is 5.73 Å². The molecular weight excluding hydrogens is 231 g/mol. The number of hydrogen-bond acceptors (Lipinski definition) is 3. The summed E-state index contributed by atoms with van der Waals surface area (Å²) in [4.78, 5) is 3.81. The SMILES string of the molecule is Nc1c(Br)cc(Cl)nc1CO. The quantitative estimate of drug-likeness (QED) is 0.729. The molecule has 0 fully saturated rings. The lowest BCUT2D eigenvalue weighted by Crippen LogP contribution is -1.98. The molecule has 0 saturated heterocycles. The number of hydrogen-bond donors (Lipinski definition) is 2. The number of pyridine rings is 1. The first-order valence-corrected chi connectivity index (χ1v) is 4.03. The number of aromatic nitrogens is 1. The molecule has 11 heavy (non-hydrogen) atoms. The summed E-state index contributed by atoms with van der Waals surface area (Å²) >= 11 is 8.77. The molecule has 3 nitrogen and oxygen atoms in total. The van der Waals surface area contributed by atoms with Crippen molar-refractivity contribution in [2.45, 2.75) is 6.61 Å². The average molecular weight is 237 g/mol. The highest BCUT2D eigenvalue weighted by atomic mass is 79.9. The Labute approximate surface area is 77.3 Å². The maximum absolute atomic E-state index is 8.75. The van der Waals surface area contributed by atoms with E-state index < -0.39 is 0 Å². The van der Waals surface area contributed by atoms with Crippen LogP contribution in [-0.4, -0.2) is 10.1 Å². The maximum Gasteiger partial charge on any atom is 0.130 e. The van der Waals surface area contributed by atoms with Gasteiger partial charge in [0.25, 0.3) is 0 Å². The normalized spacial score (nSPS) is 10.1. The molecule has 0 aromatic carbocycles. The number of anilines is 1. The standard InChI is InChI=1S/C6H6BrClN2O/c7-3-1-5(8)10-4(2-11)6(3)9/h1,11H,2,9H2. The molecule has 5 heteroatoms. The third-order valence-corrected chi connectivity index (χ3v) is 2.06. The van der Waals surface area contributed by atoms with Crippen molar-refractivity contribution in [1.82, 2.24) is 4.98 Å². The van der Waals surface area contributed by atoms with Crippen molar-refractivity contribution < 1.29 is 5.11 Å². The van der Waals surface area contributed by atoms with E-state index in [1.165, 1.54) is 0 Å². The van der Waals surface area contributed by atoms with Crippen molar-refractivity contribution in [1.29, 1.82) is 0 Å². The second-order valence-electron chi connectivity index (χ2n) is 1.95. The Morgan fingerprint density at radius 2 is 2.36 bits per heavy atom. The molecule has 1 aromatic rings. The maximum atomic E-state index is 8.75. The molecule has 0 unspecified atom stereocenters. The predicted octanol–water partition coefficient (Wildman–Crippen LogP) is 1.57. The Bertz CT molecular complexity index is 280. The van der Waals surface area contributed by atoms with Crippen LogP contribution in [0.1, 0.15) is 5.69 Å². The van der Waals surface area contributed by atoms with Crippen LogP contribution in [0.4, 0.5) is 5.69 Å². The zero-order chi connectivity index (χ0) is 8.43. The fraction of sp³-hybridized carbons (Fsp3) is 0.167. The molecule has 1 heterocycles. The lowest BCUT2D eigenvalue weighted by Gasteiger charge is -2.03. The van der Waals surface area contributed by atoms with Crippen LogP contribution in [-0.2, 0) is 6.61 Å². The summed E-state index contributed by atoms with van der Waals surface area (Å²) in [5.74, 6) is 0. The Hall–Kier alpha value is -0.320. The van der Waals surface area contributed by atoms with E-state index in [0.29, 0.717) is 21.0 Å². The van der Waals surface area contributed by atoms with Gasteiger partial charge in [-0.3, -0.25) is 0 Å². The van der Waals surface area contributed by atoms with Gasteiger partial charge in [-0.1, -0.05) is 11.6 Å². The molecule has 1 rings (SSSR count). The zero-order valence-corrected chi connectivity index (χ0v) is 7.85. The van der Waals surface area contributed by atoms with Crippen molar-refractivity contribution >= 4 is 33.2 Å². The molecule has 0 bridgehead atoms. The summed E-state index contributed by atoms with van der Waals surface area (Å²) in [6.45, 7) is -0.203. The van der Waals surface area contributed by atoms with Gasteiger partial charge in [-0.2, -0.15) is 0 Å². The molecular formula is C6H6BrClN2O. The van der Waals surface area contributed by atoms with E-state index in [4.69, 9.17) is 22.4 Å². The van der Waals surface area contributed by atoms with Gasteiger partial charge in [0.1, 0.15) is 5.15 Å². The van der Waals surface area contributed by atoms with Crippen molar-refractivity contribution in [3.63, 3.8) is 0 Å². The summed E-state index contributed by atoms with van der Waals surface area (Å²) in [5, 5.41) is 9.06. The van der Waals surface area contributed by atoms with Crippen molar-refractivity contribution in [2.24, 2.45) is 0 Å². The van der Waals surface area contributed by atoms with Gasteiger partial charge in [-0.15, -0.1) is 0 Å². The third-order valence-electron chi connectivity index (χ3n) is 1.21. The van der Waals surface area contributed by atoms with Crippen molar-refractivity contribution in [3.8, 4) is 0 Å². The molecule has 0 amide bonds. The number of nitrogen functional groups attached to an aromatic ring is 1. The van der Waals surface area contributed by atoms with E-state index in [-0.39, 0.29) is 6.61 Å². The predicted molar refractivity (Wildman–Crippen MR) is 47.3 cm³/mol. The van der Waals surface area contributed by atoms with Gasteiger partial charge in [0.05, 0.1) is 18.0 Å². The summed E-state index contributed by atoms with van der Waals surface area (Å²) in [7, 11) is 0. The number of aliphatic hydroxyl groups excluding tert-OH is 1. The van der Waals surface area contributed by atoms with Crippen LogP contribution in [0.15, 0.2) is 10.5 Å². The minimum atomic E-state index is -0.203. The fourth-order valence-electron chi connectivity index (χ4n) is 0.662. The molecule has 0 spiro atoms. The highest BCUT2D eigenvalue weighted by Crippen LogP contribution is 2.24. The van der Waals surface area contributed by atoms with Crippen LogP contribution in [0.25, 0.3) is 0 Å². The van der Waals surface area contributed by atoms with E-state index in [1.807, 2.05) is 0 Å². The number of nitrogens with zero attached hydrogens (tertiary/aromatic N) is 1. The second-order valence-corrected chi connectivity index (χ2v) is 3.19. The van der Waals surface area contributed by atoms with E-state index in [2.05, 4.69) is 20.9 Å². The first kappa shape index (κ1) is 8.77. The summed E-state index contributed by atoms with van der Waals surface area (Å²) < 4.78 is 0.654. The molecule has 0 saturated carbocycles. The Balaban J connectivity index is 3.24. The Morgan fingerprint density at radius 3 is 2.91 bits per heavy atom. The molecule has 0 aliphatic heterocycles. The van der Waals surface area contributed by atoms with Crippen molar-refractivity contribution in [3.05, 3.63) is 21.4 Å². The summed E-state index contributed by atoms with van der Waals surface area (Å²) in [5.41, 5.74) is 6.35. The lowest BCUT2D eigenvalue weighted by atomic mass is 10.3.